The second-order valence-corrected chi connectivity index (χ2v) is 34.2. The Morgan fingerprint density at radius 2 is 1.15 bits per heavy atom. The van der Waals surface area contributed by atoms with E-state index in [1.165, 1.54) is 62.3 Å². The summed E-state index contributed by atoms with van der Waals surface area (Å²) in [7, 11) is 5.26. The highest BCUT2D eigenvalue weighted by Crippen LogP contribution is 2.29. The number of nitrogens with zero attached hydrogens (tertiary/aromatic N) is 5. The second-order valence-electron chi connectivity index (χ2n) is 33.2. The number of aliphatic hydroxyl groups is 3. The Hall–Kier alpha value is -12.6. The van der Waals surface area contributed by atoms with Gasteiger partial charge in [0.25, 0.3) is 0 Å². The number of aliphatic carboxylic acids is 3. The molecule has 6 aromatic rings. The monoisotopic (exact) mass is 1860 g/mol. The predicted molar refractivity (Wildman–Crippen MR) is 475 cm³/mol. The molecule has 2 fully saturated rings. The molecule has 38 nitrogen and oxygen atoms in total. The molecule has 12 amide bonds. The number of phenols is 1. The van der Waals surface area contributed by atoms with E-state index in [2.05, 4.69) is 52.8 Å². The summed E-state index contributed by atoms with van der Waals surface area (Å²) in [5, 5.41) is 98.8. The summed E-state index contributed by atoms with van der Waals surface area (Å²) in [5.41, 5.74) is 7.91. The number of carbonyl (C=O) groups is 15. The molecule has 1 aromatic heterocycles. The Balaban J connectivity index is 1.02. The van der Waals surface area contributed by atoms with E-state index in [1.807, 2.05) is 24.3 Å². The molecule has 716 valence electrons. The fourth-order valence-corrected chi connectivity index (χ4v) is 16.7. The first-order chi connectivity index (χ1) is 62.6. The Bertz CT molecular complexity index is 5010. The molecule has 19 N–H and O–H groups in total. The number of likely N-dealkylation sites (tertiary alicyclic amines) is 2. The molecule has 0 aliphatic carbocycles. The molecule has 5 aromatic carbocycles. The smallest absolute Gasteiger partial charge is 0.306 e. The highest BCUT2D eigenvalue weighted by Gasteiger charge is 2.47. The van der Waals surface area contributed by atoms with Crippen LogP contribution in [0, 0.1) is 23.4 Å². The summed E-state index contributed by atoms with van der Waals surface area (Å²) in [4.78, 5) is 219. The van der Waals surface area contributed by atoms with Gasteiger partial charge in [-0.1, -0.05) is 125 Å². The molecular formula is C90H117F3N16O22S. The molecule has 132 heavy (non-hydrogen) atoms. The lowest BCUT2D eigenvalue weighted by Crippen LogP contribution is -2.63. The number of thioether (sulfide) groups is 1. The van der Waals surface area contributed by atoms with Crippen molar-refractivity contribution >= 4 is 111 Å². The van der Waals surface area contributed by atoms with E-state index in [1.54, 1.807) is 87.6 Å². The van der Waals surface area contributed by atoms with E-state index in [0.29, 0.717) is 53.4 Å². The van der Waals surface area contributed by atoms with Crippen LogP contribution in [0.2, 0.25) is 0 Å². The molecule has 0 saturated carbocycles. The topological polar surface area (TPSA) is 564 Å². The SMILES string of the molecule is CCCC[C@@H](C(O)N1C[C@H](O)C[C@@H]1C(=O)N[C@@H](CC(=O)O)N[C@H](C(=O)N(C)[C@@H](Cc1ccccc1)C(=O)N[C@@H](CC(=O)O)C(=O)N1CC[C@@H](O)C1)C(C)C)N(C)C(=O)[C@H](Cc1ccccc1)N(C)C(=O)[C@H](Cc1cc(F)c(F)c(F)c1)NC(=O)CSC[C@H](NC(=O)[C@H](CCC(=O)O)NC(=O)[C@H](Cc1ccc(O)cc1)NC(=O)[C@H](Cc1c[nH]c2ccccc12)NC)C(=O)NCC(N)=O. The molecule has 2 aliphatic heterocycles. The number of hydrogen-bond acceptors (Lipinski definition) is 23. The number of likely N-dealkylation sites (N-methyl/N-ethyl adjacent to an activating group) is 4. The van der Waals surface area contributed by atoms with Crippen molar-refractivity contribution < 1.29 is 121 Å². The van der Waals surface area contributed by atoms with Crippen molar-refractivity contribution in [3.8, 4) is 5.75 Å². The average Bonchev–Trinajstić information content (AvgIpc) is 1.52. The van der Waals surface area contributed by atoms with Crippen LogP contribution in [0.5, 0.6) is 5.75 Å². The van der Waals surface area contributed by atoms with Crippen molar-refractivity contribution in [1.82, 2.24) is 77.3 Å². The van der Waals surface area contributed by atoms with E-state index in [0.717, 1.165) is 31.2 Å². The number of carboxylic acid groups (broad SMARTS) is 3. The van der Waals surface area contributed by atoms with Crippen molar-refractivity contribution in [3.05, 3.63) is 173 Å². The van der Waals surface area contributed by atoms with Crippen LogP contribution in [0.3, 0.4) is 0 Å². The Kier molecular flexibility index (Phi) is 39.8. The first-order valence-corrected chi connectivity index (χ1v) is 44.3. The molecule has 42 heteroatoms. The predicted octanol–water partition coefficient (Wildman–Crippen LogP) is 0.0395. The van der Waals surface area contributed by atoms with Crippen LogP contribution in [-0.4, -0.2) is 311 Å². The van der Waals surface area contributed by atoms with Gasteiger partial charge in [-0.05, 0) is 103 Å². The van der Waals surface area contributed by atoms with Crippen molar-refractivity contribution in [2.75, 3.05) is 65.9 Å². The zero-order chi connectivity index (χ0) is 96.9. The summed E-state index contributed by atoms with van der Waals surface area (Å²) < 4.78 is 45.0. The molecule has 15 atom stereocenters. The molecule has 1 unspecified atom stereocenters. The number of unbranched alkanes of at least 4 members (excludes halogenated alkanes) is 1. The van der Waals surface area contributed by atoms with Crippen LogP contribution in [0.4, 0.5) is 13.2 Å². The second kappa shape index (κ2) is 50.1. The first-order valence-electron chi connectivity index (χ1n) is 43.1. The summed E-state index contributed by atoms with van der Waals surface area (Å²) >= 11 is 0.613. The minimum Gasteiger partial charge on any atom is -0.508 e. The molecule has 2 saturated heterocycles. The van der Waals surface area contributed by atoms with Crippen LogP contribution in [0.1, 0.15) is 106 Å². The van der Waals surface area contributed by atoms with Gasteiger partial charge in [0.2, 0.25) is 70.9 Å². The number of aromatic nitrogens is 1. The normalized spacial score (nSPS) is 17.1. The third-order valence-electron chi connectivity index (χ3n) is 23.0. The number of hydrogen-bond donors (Lipinski definition) is 18. The largest absolute Gasteiger partial charge is 0.508 e. The number of fused-ring (bicyclic) bond motifs is 1. The number of rotatable bonds is 51. The summed E-state index contributed by atoms with van der Waals surface area (Å²) in [6.45, 7) is 3.71. The maximum Gasteiger partial charge on any atom is 0.306 e. The quantitative estimate of drug-likeness (QED) is 0.0177. The summed E-state index contributed by atoms with van der Waals surface area (Å²) in [6.07, 6.45) is -8.00. The van der Waals surface area contributed by atoms with E-state index in [4.69, 9.17) is 5.73 Å². The summed E-state index contributed by atoms with van der Waals surface area (Å²) in [6, 6.07) is 13.7. The van der Waals surface area contributed by atoms with Crippen LogP contribution in [-0.2, 0) is 104 Å². The van der Waals surface area contributed by atoms with Crippen molar-refractivity contribution in [2.24, 2.45) is 11.7 Å². The van der Waals surface area contributed by atoms with Gasteiger partial charge in [-0.25, -0.2) is 13.2 Å². The summed E-state index contributed by atoms with van der Waals surface area (Å²) in [5.74, 6) is -23.4. The van der Waals surface area contributed by atoms with Crippen LogP contribution < -0.4 is 53.6 Å². The lowest BCUT2D eigenvalue weighted by atomic mass is 9.98. The number of β-amino-alcohol motifs (C(OH)–C–C–N with tert-alkyl or cyclic N) is 2. The zero-order valence-corrected chi connectivity index (χ0v) is 74.9. The van der Waals surface area contributed by atoms with E-state index in [-0.39, 0.29) is 63.8 Å². The minimum atomic E-state index is -1.91. The molecule has 0 radical (unpaired) electrons. The highest BCUT2D eigenvalue weighted by molar-refractivity contribution is 8.00. The Morgan fingerprint density at radius 1 is 0.583 bits per heavy atom. The Morgan fingerprint density at radius 3 is 1.74 bits per heavy atom. The van der Waals surface area contributed by atoms with E-state index in [9.17, 15) is 102 Å². The van der Waals surface area contributed by atoms with Crippen molar-refractivity contribution in [1.29, 1.82) is 0 Å². The van der Waals surface area contributed by atoms with Gasteiger partial charge in [-0.3, -0.25) is 82.1 Å². The number of nitrogens with one attached hydrogen (secondary N) is 10. The van der Waals surface area contributed by atoms with Gasteiger partial charge >= 0.3 is 17.9 Å². The third-order valence-corrected chi connectivity index (χ3v) is 24.0. The number of aromatic hydroxyl groups is 1. The fourth-order valence-electron chi connectivity index (χ4n) is 15.8. The van der Waals surface area contributed by atoms with Gasteiger partial charge in [-0.2, -0.15) is 0 Å². The molecule has 3 heterocycles. The lowest BCUT2D eigenvalue weighted by molar-refractivity contribution is -0.152. The van der Waals surface area contributed by atoms with Gasteiger partial charge in [0.15, 0.2) is 17.5 Å². The van der Waals surface area contributed by atoms with Crippen LogP contribution in [0.15, 0.2) is 128 Å². The number of benzene rings is 5. The first kappa shape index (κ1) is 105. The van der Waals surface area contributed by atoms with E-state index < -0.39 is 265 Å². The number of carboxylic acids is 3. The number of aromatic amines is 1. The number of halogens is 3. The molecule has 8 rings (SSSR count). The number of H-pyrrole nitrogens is 1. The van der Waals surface area contributed by atoms with Gasteiger partial charge in [0, 0.05) is 95.7 Å². The number of primary amides is 1. The zero-order valence-electron chi connectivity index (χ0n) is 74.1. The standard InChI is InChI=1S/C90H117F3N16O22S/c1-8-9-24-68(89(130)109-46-57(112)40-70(109)85(126)104-73(42-77(119)120)103-79(49(2)3)90(131)106(6)69(37-50-18-12-10-13-19-50)84(125)101-66(41-76(117)118)87(128)108-32-31-56(111)45-108)105(5)88(129)71(38-51-20-14-11-15-21-51)107(7)86(127)65(36-53-33-59(91)78(93)60(92)34-53)98-74(114)48-132-47-67(80(121)97-44-72(94)113)102-81(122)62(29-30-75(115)116)99-83(124)64(35-52-25-27-55(110)28-26-52)100-82(123)63(95-4)39-54-43-96-61-23-17-16-22-58(54)61/h10-23,25-28,33-34,43,49,56-57,62-71,73,79,89,95-96,103,110-112,130H,8-9,24,29-32,35-42,44-48H2,1-7H3,(H2,94,113)(H,97,121)(H,98,114)(H,99,124)(H,100,123)(H,101,125)(H,102,122)(H,104,126)(H,115,116)(H,117,118)(H,119,120)/t56-,57-,62+,63+,64+,65+,66+,67+,68+,69+,70-,71+,73+,79+,89?/m1/s1. The maximum absolute atomic E-state index is 15.7. The third kappa shape index (κ3) is 30.5. The molecule has 0 bridgehead atoms. The average molecular weight is 1860 g/mol. The Labute approximate surface area is 763 Å². The number of para-hydroxylation sites is 1. The van der Waals surface area contributed by atoms with Gasteiger partial charge < -0.3 is 109 Å². The van der Waals surface area contributed by atoms with Gasteiger partial charge in [-0.15, -0.1) is 11.8 Å². The molecule has 2 aliphatic rings. The van der Waals surface area contributed by atoms with Crippen molar-refractivity contribution in [2.45, 2.75) is 202 Å². The lowest BCUT2D eigenvalue weighted by Gasteiger charge is -2.41. The van der Waals surface area contributed by atoms with Crippen LogP contribution in [0.25, 0.3) is 10.9 Å². The maximum atomic E-state index is 15.7. The number of nitrogens with two attached hydrogens (primary N) is 1. The number of phenolic OH excluding ortho intramolecular Hbond substituents is 1. The van der Waals surface area contributed by atoms with E-state index >= 15 is 18.4 Å². The van der Waals surface area contributed by atoms with Crippen molar-refractivity contribution in [3.63, 3.8) is 0 Å². The minimum absolute atomic E-state index is 0.0261. The molecule has 0 spiro atoms. The highest BCUT2D eigenvalue weighted by atomic mass is 32.2. The number of amides is 12. The number of aliphatic hydroxyl groups excluding tert-OH is 3. The molecular weight excluding hydrogens is 1750 g/mol. The fraction of sp³-hybridized carbons (Fsp3) is 0.478. The van der Waals surface area contributed by atoms with Gasteiger partial charge in [0.05, 0.1) is 67.7 Å². The van der Waals surface area contributed by atoms with Crippen LogP contribution >= 0.6 is 11.8 Å². The number of carbonyl (C=O) groups excluding carboxylic acids is 12. The van der Waals surface area contributed by atoms with Gasteiger partial charge in [0.1, 0.15) is 54.3 Å².